The fourth-order valence-electron chi connectivity index (χ4n) is 3.69. The van der Waals surface area contributed by atoms with E-state index in [1.807, 2.05) is 30.3 Å². The number of sulfonamides is 1. The number of halogens is 2. The molecule has 0 aliphatic rings. The third-order valence-electron chi connectivity index (χ3n) is 5.47. The molecule has 0 saturated carbocycles. The van der Waals surface area contributed by atoms with E-state index in [1.54, 1.807) is 0 Å². The first-order valence-corrected chi connectivity index (χ1v) is 13.4. The smallest absolute Gasteiger partial charge is 0.260 e. The molecule has 0 saturated heterocycles. The van der Waals surface area contributed by atoms with Crippen molar-refractivity contribution in [3.05, 3.63) is 115 Å². The highest BCUT2D eigenvalue weighted by atomic mass is 32.2. The summed E-state index contributed by atoms with van der Waals surface area (Å²) in [6.07, 6.45) is 2.96. The van der Waals surface area contributed by atoms with Crippen LogP contribution < -0.4 is 4.90 Å². The van der Waals surface area contributed by atoms with E-state index >= 15 is 0 Å². The van der Waals surface area contributed by atoms with E-state index in [2.05, 4.69) is 18.1 Å². The van der Waals surface area contributed by atoms with E-state index in [-0.39, 0.29) is 45.4 Å². The predicted molar refractivity (Wildman–Crippen MR) is 142 cm³/mol. The summed E-state index contributed by atoms with van der Waals surface area (Å²) >= 11 is 0.991. The molecule has 1 amide bonds. The average molecular weight is 540 g/mol. The Bertz CT molecular complexity index is 1540. The fourth-order valence-corrected chi connectivity index (χ4v) is 6.07. The number of nitrogens with zero attached hydrogens (tertiary/aromatic N) is 3. The molecule has 6 nitrogen and oxygen atoms in total. The maximum atomic E-state index is 14.3. The van der Waals surface area contributed by atoms with Crippen molar-refractivity contribution in [2.45, 2.75) is 11.4 Å². The lowest BCUT2D eigenvalue weighted by Crippen LogP contribution is -2.32. The van der Waals surface area contributed by atoms with Crippen molar-refractivity contribution in [3.63, 3.8) is 0 Å². The first kappa shape index (κ1) is 26.3. The topological polar surface area (TPSA) is 70.6 Å². The Morgan fingerprint density at radius 1 is 0.973 bits per heavy atom. The van der Waals surface area contributed by atoms with Gasteiger partial charge in [0.05, 0.1) is 16.1 Å². The Balaban J connectivity index is 1.71. The lowest BCUT2D eigenvalue weighted by Gasteiger charge is -2.21. The molecular weight excluding hydrogens is 516 g/mol. The average Bonchev–Trinajstić information content (AvgIpc) is 3.31. The second kappa shape index (κ2) is 11.1. The number of hydrogen-bond acceptors (Lipinski definition) is 5. The molecule has 0 fully saturated rings. The van der Waals surface area contributed by atoms with Crippen LogP contribution in [0.3, 0.4) is 0 Å². The zero-order chi connectivity index (χ0) is 26.6. The van der Waals surface area contributed by atoms with Gasteiger partial charge in [0.25, 0.3) is 5.91 Å². The van der Waals surface area contributed by atoms with Crippen LogP contribution in [-0.2, 0) is 16.6 Å². The first-order chi connectivity index (χ1) is 17.7. The second-order valence-corrected chi connectivity index (χ2v) is 11.0. The van der Waals surface area contributed by atoms with Gasteiger partial charge in [-0.25, -0.2) is 22.2 Å². The molecule has 0 N–H and O–H groups in total. The van der Waals surface area contributed by atoms with Crippen LogP contribution in [0, 0.1) is 11.6 Å². The van der Waals surface area contributed by atoms with E-state index in [0.717, 1.165) is 23.0 Å². The number of amides is 1. The SMILES string of the molecule is C=CCN(CC=C)S(=O)(=O)c1ccc(C(=O)N(Cc2ccccc2)c2nc3c(F)cc(F)cc3s2)cc1. The molecule has 0 bridgehead atoms. The van der Waals surface area contributed by atoms with Crippen molar-refractivity contribution in [1.29, 1.82) is 0 Å². The van der Waals surface area contributed by atoms with Gasteiger partial charge in [-0.2, -0.15) is 4.31 Å². The Labute approximate surface area is 217 Å². The number of carbonyl (C=O) groups is 1. The van der Waals surface area contributed by atoms with Crippen molar-refractivity contribution in [1.82, 2.24) is 9.29 Å². The number of rotatable bonds is 10. The van der Waals surface area contributed by atoms with Gasteiger partial charge < -0.3 is 0 Å². The van der Waals surface area contributed by atoms with Gasteiger partial charge in [0.15, 0.2) is 10.9 Å². The molecule has 37 heavy (non-hydrogen) atoms. The highest BCUT2D eigenvalue weighted by Crippen LogP contribution is 2.33. The Kier molecular flexibility index (Phi) is 7.91. The van der Waals surface area contributed by atoms with E-state index in [1.165, 1.54) is 51.7 Å². The maximum absolute atomic E-state index is 14.3. The number of anilines is 1. The molecule has 0 aliphatic carbocycles. The van der Waals surface area contributed by atoms with Gasteiger partial charge in [-0.1, -0.05) is 53.8 Å². The molecular formula is C27H23F2N3O3S2. The van der Waals surface area contributed by atoms with Gasteiger partial charge in [-0.3, -0.25) is 9.69 Å². The molecule has 0 atom stereocenters. The summed E-state index contributed by atoms with van der Waals surface area (Å²) in [5.74, 6) is -2.02. The number of carbonyl (C=O) groups excluding carboxylic acids is 1. The molecule has 4 aromatic rings. The summed E-state index contributed by atoms with van der Waals surface area (Å²) in [4.78, 5) is 19.3. The quantitative estimate of drug-likeness (QED) is 0.240. The monoisotopic (exact) mass is 539 g/mol. The van der Waals surface area contributed by atoms with E-state index < -0.39 is 27.6 Å². The molecule has 10 heteroatoms. The van der Waals surface area contributed by atoms with E-state index in [4.69, 9.17) is 0 Å². The van der Waals surface area contributed by atoms with E-state index in [9.17, 15) is 22.0 Å². The van der Waals surface area contributed by atoms with Crippen molar-refractivity contribution in [2.75, 3.05) is 18.0 Å². The number of hydrogen-bond donors (Lipinski definition) is 0. The highest BCUT2D eigenvalue weighted by molar-refractivity contribution is 7.89. The fraction of sp³-hybridized carbons (Fsp3) is 0.111. The zero-order valence-electron chi connectivity index (χ0n) is 19.7. The van der Waals surface area contributed by atoms with Crippen LogP contribution in [0.4, 0.5) is 13.9 Å². The molecule has 190 valence electrons. The van der Waals surface area contributed by atoms with Crippen LogP contribution in [-0.4, -0.2) is 36.7 Å². The second-order valence-electron chi connectivity index (χ2n) is 8.03. The van der Waals surface area contributed by atoms with Gasteiger partial charge in [-0.05, 0) is 35.9 Å². The summed E-state index contributed by atoms with van der Waals surface area (Å²) < 4.78 is 55.6. The number of thiazole rings is 1. The van der Waals surface area contributed by atoms with E-state index in [0.29, 0.717) is 0 Å². The molecule has 4 rings (SSSR count). The molecule has 0 aliphatic heterocycles. The van der Waals surface area contributed by atoms with Crippen LogP contribution in [0.2, 0.25) is 0 Å². The minimum absolute atomic E-state index is 0.0138. The number of aromatic nitrogens is 1. The summed E-state index contributed by atoms with van der Waals surface area (Å²) in [5, 5.41) is 0.188. The van der Waals surface area contributed by atoms with Crippen LogP contribution in [0.25, 0.3) is 10.2 Å². The summed E-state index contributed by atoms with van der Waals surface area (Å²) in [6, 6.07) is 16.6. The van der Waals surface area contributed by atoms with Gasteiger partial charge in [0, 0.05) is 24.7 Å². The summed E-state index contributed by atoms with van der Waals surface area (Å²) in [5.41, 5.74) is 0.975. The van der Waals surface area contributed by atoms with Gasteiger partial charge in [0.1, 0.15) is 11.3 Å². The largest absolute Gasteiger partial charge is 0.279 e. The highest BCUT2D eigenvalue weighted by Gasteiger charge is 2.26. The third kappa shape index (κ3) is 5.66. The maximum Gasteiger partial charge on any atom is 0.260 e. The van der Waals surface area contributed by atoms with Crippen LogP contribution in [0.15, 0.2) is 96.9 Å². The summed E-state index contributed by atoms with van der Waals surface area (Å²) in [6.45, 7) is 7.52. The number of benzene rings is 3. The molecule has 0 spiro atoms. The lowest BCUT2D eigenvalue weighted by atomic mass is 10.1. The molecule has 1 heterocycles. The standard InChI is InChI=1S/C27H23F2N3O3S2/c1-3-14-31(15-4-2)37(34,35)22-12-10-20(11-13-22)26(33)32(18-19-8-6-5-7-9-19)27-30-25-23(29)16-21(28)17-24(25)36-27/h3-13,16-17H,1-2,14-15,18H2. The molecule has 0 radical (unpaired) electrons. The van der Waals surface area contributed by atoms with Crippen LogP contribution >= 0.6 is 11.3 Å². The van der Waals surface area contributed by atoms with Crippen molar-refractivity contribution < 1.29 is 22.0 Å². The normalized spacial score (nSPS) is 11.5. The minimum Gasteiger partial charge on any atom is -0.279 e. The number of fused-ring (bicyclic) bond motifs is 1. The van der Waals surface area contributed by atoms with Gasteiger partial charge in [-0.15, -0.1) is 13.2 Å². The summed E-state index contributed by atoms with van der Waals surface area (Å²) in [7, 11) is -3.84. The van der Waals surface area contributed by atoms with Crippen LogP contribution in [0.1, 0.15) is 15.9 Å². The molecule has 1 aromatic heterocycles. The molecule has 0 unspecified atom stereocenters. The van der Waals surface area contributed by atoms with Gasteiger partial charge >= 0.3 is 0 Å². The Morgan fingerprint density at radius 2 is 1.62 bits per heavy atom. The predicted octanol–water partition coefficient (Wildman–Crippen LogP) is 5.78. The Hall–Kier alpha value is -3.73. The Morgan fingerprint density at radius 3 is 2.24 bits per heavy atom. The van der Waals surface area contributed by atoms with Crippen molar-refractivity contribution >= 4 is 42.6 Å². The van der Waals surface area contributed by atoms with Gasteiger partial charge in [0.2, 0.25) is 10.0 Å². The molecule has 3 aromatic carbocycles. The minimum atomic E-state index is -3.84. The van der Waals surface area contributed by atoms with Crippen molar-refractivity contribution in [3.8, 4) is 0 Å². The van der Waals surface area contributed by atoms with Crippen molar-refractivity contribution in [2.24, 2.45) is 0 Å². The first-order valence-electron chi connectivity index (χ1n) is 11.2. The lowest BCUT2D eigenvalue weighted by molar-refractivity contribution is 0.0985. The zero-order valence-corrected chi connectivity index (χ0v) is 21.3. The third-order valence-corrected chi connectivity index (χ3v) is 8.34. The van der Waals surface area contributed by atoms with Crippen LogP contribution in [0.5, 0.6) is 0 Å².